The lowest BCUT2D eigenvalue weighted by Crippen LogP contribution is -2.25. The highest BCUT2D eigenvalue weighted by Gasteiger charge is 2.20. The molecule has 0 aliphatic carbocycles. The molecule has 3 heterocycles. The van der Waals surface area contributed by atoms with Crippen molar-refractivity contribution >= 4 is 22.8 Å². The van der Waals surface area contributed by atoms with Gasteiger partial charge in [-0.2, -0.15) is 0 Å². The van der Waals surface area contributed by atoms with E-state index in [0.717, 1.165) is 33.7 Å². The van der Waals surface area contributed by atoms with Crippen molar-refractivity contribution in [3.05, 3.63) is 82.8 Å². The van der Waals surface area contributed by atoms with E-state index in [1.807, 2.05) is 58.3 Å². The average molecular weight is 486 g/mol. The summed E-state index contributed by atoms with van der Waals surface area (Å²) in [6, 6.07) is 16.4. The highest BCUT2D eigenvalue weighted by molar-refractivity contribution is 6.29. The van der Waals surface area contributed by atoms with Gasteiger partial charge in [-0.1, -0.05) is 74.0 Å². The topological polar surface area (TPSA) is 77.3 Å². The second kappa shape index (κ2) is 8.82. The number of aryl methyl sites for hydroxylation is 2. The van der Waals surface area contributed by atoms with Crippen LogP contribution in [0.4, 0.5) is 0 Å². The lowest BCUT2D eigenvalue weighted by atomic mass is 9.97. The minimum Gasteiger partial charge on any atom is -0.332 e. The summed E-state index contributed by atoms with van der Waals surface area (Å²) >= 11 is 6.07. The van der Waals surface area contributed by atoms with Gasteiger partial charge in [0.25, 0.3) is 0 Å². The Labute approximate surface area is 209 Å². The molecule has 35 heavy (non-hydrogen) atoms. The average Bonchev–Trinajstić information content (AvgIpc) is 3.33. The first-order valence-electron chi connectivity index (χ1n) is 11.6. The molecule has 3 aromatic heterocycles. The maximum absolute atomic E-state index is 8.83. The molecule has 178 valence electrons. The zero-order chi connectivity index (χ0) is 24.9. The summed E-state index contributed by atoms with van der Waals surface area (Å²) in [5, 5.41) is 9.30. The van der Waals surface area contributed by atoms with Crippen molar-refractivity contribution in [1.82, 2.24) is 28.7 Å². The third kappa shape index (κ3) is 3.96. The number of imidazole rings is 2. The van der Waals surface area contributed by atoms with Crippen LogP contribution in [0.2, 0.25) is 5.15 Å². The van der Waals surface area contributed by atoms with Crippen molar-refractivity contribution in [3.8, 4) is 22.8 Å². The van der Waals surface area contributed by atoms with Gasteiger partial charge in [0.15, 0.2) is 11.5 Å². The number of nitrogens with zero attached hydrogens (tertiary/aromatic N) is 6. The molecule has 5 aromatic rings. The van der Waals surface area contributed by atoms with Crippen molar-refractivity contribution in [1.29, 1.82) is 5.41 Å². The third-order valence-corrected chi connectivity index (χ3v) is 6.78. The first-order valence-corrected chi connectivity index (χ1v) is 12.0. The molecule has 2 aromatic carbocycles. The number of aromatic nitrogens is 6. The maximum atomic E-state index is 8.83. The van der Waals surface area contributed by atoms with Crippen molar-refractivity contribution in [2.24, 2.45) is 14.1 Å². The summed E-state index contributed by atoms with van der Waals surface area (Å²) in [6.45, 7) is 6.44. The Hall–Kier alpha value is -3.71. The summed E-state index contributed by atoms with van der Waals surface area (Å²) in [6.07, 6.45) is 3.62. The molecule has 0 saturated heterocycles. The number of halogens is 1. The fraction of sp³-hybridized carbons (Fsp3) is 0.259. The maximum Gasteiger partial charge on any atom is 0.204 e. The molecule has 1 N–H and O–H groups in total. The van der Waals surface area contributed by atoms with E-state index in [1.54, 1.807) is 6.20 Å². The van der Waals surface area contributed by atoms with Crippen molar-refractivity contribution < 1.29 is 0 Å². The molecule has 5 rings (SSSR count). The molecule has 0 saturated carbocycles. The highest BCUT2D eigenvalue weighted by Crippen LogP contribution is 2.29. The Morgan fingerprint density at radius 3 is 2.31 bits per heavy atom. The third-order valence-electron chi connectivity index (χ3n) is 6.59. The lowest BCUT2D eigenvalue weighted by Gasteiger charge is -2.16. The Bertz CT molecular complexity index is 1590. The van der Waals surface area contributed by atoms with Gasteiger partial charge in [0, 0.05) is 31.4 Å². The van der Waals surface area contributed by atoms with E-state index in [1.165, 1.54) is 5.56 Å². The number of rotatable bonds is 5. The number of fused-ring (bicyclic) bond motifs is 1. The van der Waals surface area contributed by atoms with Crippen molar-refractivity contribution in [2.75, 3.05) is 0 Å². The molecule has 0 spiro atoms. The van der Waals surface area contributed by atoms with Gasteiger partial charge in [0.1, 0.15) is 16.5 Å². The molecule has 8 heteroatoms. The number of hydrogen-bond donors (Lipinski definition) is 1. The van der Waals surface area contributed by atoms with Crippen LogP contribution in [0.25, 0.3) is 33.9 Å². The Morgan fingerprint density at radius 1 is 0.943 bits per heavy atom. The summed E-state index contributed by atoms with van der Waals surface area (Å²) in [5.41, 5.74) is 6.23. The van der Waals surface area contributed by atoms with Gasteiger partial charge in [-0.15, -0.1) is 0 Å². The number of nitrogens with one attached hydrogen (secondary N) is 1. The van der Waals surface area contributed by atoms with Gasteiger partial charge in [-0.05, 0) is 24.0 Å². The second-order valence-electron chi connectivity index (χ2n) is 9.19. The minimum atomic E-state index is -0.103. The Morgan fingerprint density at radius 2 is 1.66 bits per heavy atom. The monoisotopic (exact) mass is 485 g/mol. The largest absolute Gasteiger partial charge is 0.332 e. The van der Waals surface area contributed by atoms with Crippen LogP contribution < -0.4 is 5.62 Å². The Kier molecular flexibility index (Phi) is 5.81. The molecule has 0 aliphatic heterocycles. The van der Waals surface area contributed by atoms with E-state index < -0.39 is 0 Å². The van der Waals surface area contributed by atoms with E-state index >= 15 is 0 Å². The quantitative estimate of drug-likeness (QED) is 0.346. The highest BCUT2D eigenvalue weighted by atomic mass is 35.5. The Balaban J connectivity index is 1.60. The van der Waals surface area contributed by atoms with Crippen LogP contribution in [0, 0.1) is 5.41 Å². The van der Waals surface area contributed by atoms with E-state index in [0.29, 0.717) is 22.5 Å². The van der Waals surface area contributed by atoms with E-state index in [-0.39, 0.29) is 6.04 Å². The van der Waals surface area contributed by atoms with Gasteiger partial charge < -0.3 is 9.13 Å². The number of benzene rings is 2. The SMILES string of the molecule is CC(C)c1ccccc1-c1ncc2c(n1)n(C(C)c1ccc(-c3nc(Cl)cn3C)cc1)c(=N)n2C. The van der Waals surface area contributed by atoms with Gasteiger partial charge in [-0.3, -0.25) is 9.98 Å². The molecule has 1 unspecified atom stereocenters. The zero-order valence-electron chi connectivity index (χ0n) is 20.5. The molecule has 0 radical (unpaired) electrons. The van der Waals surface area contributed by atoms with Gasteiger partial charge in [-0.25, -0.2) is 15.0 Å². The molecular formula is C27H28ClN7. The van der Waals surface area contributed by atoms with E-state index in [2.05, 4.69) is 55.0 Å². The van der Waals surface area contributed by atoms with Crippen LogP contribution in [-0.4, -0.2) is 28.7 Å². The fourth-order valence-electron chi connectivity index (χ4n) is 4.61. The first-order chi connectivity index (χ1) is 16.8. The summed E-state index contributed by atoms with van der Waals surface area (Å²) < 4.78 is 5.70. The van der Waals surface area contributed by atoms with Crippen molar-refractivity contribution in [2.45, 2.75) is 32.7 Å². The second-order valence-corrected chi connectivity index (χ2v) is 9.58. The van der Waals surface area contributed by atoms with E-state index in [9.17, 15) is 0 Å². The molecule has 0 amide bonds. The lowest BCUT2D eigenvalue weighted by molar-refractivity contribution is 0.591. The van der Waals surface area contributed by atoms with E-state index in [4.69, 9.17) is 22.0 Å². The van der Waals surface area contributed by atoms with Gasteiger partial charge >= 0.3 is 0 Å². The zero-order valence-corrected chi connectivity index (χ0v) is 21.2. The summed E-state index contributed by atoms with van der Waals surface area (Å²) in [7, 11) is 3.81. The van der Waals surface area contributed by atoms with Gasteiger partial charge in [0.05, 0.1) is 12.2 Å². The van der Waals surface area contributed by atoms with Crippen molar-refractivity contribution in [3.63, 3.8) is 0 Å². The molecule has 0 fully saturated rings. The fourth-order valence-corrected chi connectivity index (χ4v) is 4.84. The standard InChI is InChI=1S/C27H28ClN7/c1-16(2)20-8-6-7-9-21(20)24-30-14-22-26(32-24)35(27(29)34(22)5)17(3)18-10-12-19(13-11-18)25-31-23(28)15-33(25)4/h6-17,29H,1-5H3. The van der Waals surface area contributed by atoms with Gasteiger partial charge in [0.2, 0.25) is 5.62 Å². The van der Waals surface area contributed by atoms with Crippen LogP contribution in [0.3, 0.4) is 0 Å². The molecule has 0 bridgehead atoms. The minimum absolute atomic E-state index is 0.103. The van der Waals surface area contributed by atoms with Crippen LogP contribution in [0.15, 0.2) is 60.9 Å². The molecular weight excluding hydrogens is 458 g/mol. The summed E-state index contributed by atoms with van der Waals surface area (Å²) in [5.74, 6) is 1.84. The normalized spacial score (nSPS) is 12.5. The predicted octanol–water partition coefficient (Wildman–Crippen LogP) is 5.70. The number of hydrogen-bond acceptors (Lipinski definition) is 4. The molecule has 1 atom stereocenters. The van der Waals surface area contributed by atoms with Crippen LogP contribution >= 0.6 is 11.6 Å². The van der Waals surface area contributed by atoms with Crippen LogP contribution in [-0.2, 0) is 14.1 Å². The molecule has 0 aliphatic rings. The smallest absolute Gasteiger partial charge is 0.204 e. The summed E-state index contributed by atoms with van der Waals surface area (Å²) in [4.78, 5) is 14.1. The predicted molar refractivity (Wildman–Crippen MR) is 139 cm³/mol. The molecule has 7 nitrogen and oxygen atoms in total. The van der Waals surface area contributed by atoms with Crippen LogP contribution in [0.5, 0.6) is 0 Å². The first kappa shape index (κ1) is 23.1. The van der Waals surface area contributed by atoms with Crippen LogP contribution in [0.1, 0.15) is 43.9 Å².